The normalized spacial score (nSPS) is 12.6. The van der Waals surface area contributed by atoms with E-state index in [0.29, 0.717) is 31.1 Å². The molecule has 1 aromatic carbocycles. The highest BCUT2D eigenvalue weighted by molar-refractivity contribution is 6.02. The Morgan fingerprint density at radius 1 is 1.19 bits per heavy atom. The Morgan fingerprint density at radius 3 is 2.38 bits per heavy atom. The molecule has 0 saturated heterocycles. The van der Waals surface area contributed by atoms with Crippen molar-refractivity contribution in [3.63, 3.8) is 0 Å². The SMILES string of the molecule is C=C(CC(C(=O)OCC)C(C)=Nc1ccccc1)OCC. The standard InChI is InChI=1S/C17H23NO3/c1-5-20-13(3)12-16(17(19)21-6-2)14(4)18-15-10-8-7-9-11-15/h7-11,16H,3,5-6,12H2,1-2,4H3. The lowest BCUT2D eigenvalue weighted by molar-refractivity contribution is -0.145. The number of allylic oxidation sites excluding steroid dienone is 1. The van der Waals surface area contributed by atoms with Gasteiger partial charge in [-0.05, 0) is 32.9 Å². The van der Waals surface area contributed by atoms with Gasteiger partial charge in [0.25, 0.3) is 0 Å². The molecule has 0 amide bonds. The number of nitrogens with zero attached hydrogens (tertiary/aromatic N) is 1. The molecule has 0 aliphatic heterocycles. The van der Waals surface area contributed by atoms with Crippen LogP contribution in [0.3, 0.4) is 0 Å². The van der Waals surface area contributed by atoms with Crippen LogP contribution in [-0.4, -0.2) is 24.9 Å². The van der Waals surface area contributed by atoms with Crippen LogP contribution in [0.5, 0.6) is 0 Å². The van der Waals surface area contributed by atoms with Gasteiger partial charge in [-0.2, -0.15) is 0 Å². The predicted molar refractivity (Wildman–Crippen MR) is 84.7 cm³/mol. The summed E-state index contributed by atoms with van der Waals surface area (Å²) in [6.07, 6.45) is 0.384. The Kier molecular flexibility index (Phi) is 7.23. The highest BCUT2D eigenvalue weighted by Crippen LogP contribution is 2.19. The first-order valence-corrected chi connectivity index (χ1v) is 7.15. The van der Waals surface area contributed by atoms with Gasteiger partial charge in [0, 0.05) is 12.1 Å². The highest BCUT2D eigenvalue weighted by Gasteiger charge is 2.24. The summed E-state index contributed by atoms with van der Waals surface area (Å²) in [7, 11) is 0. The van der Waals surface area contributed by atoms with E-state index >= 15 is 0 Å². The third-order valence-corrected chi connectivity index (χ3v) is 2.92. The van der Waals surface area contributed by atoms with E-state index in [1.807, 2.05) is 44.2 Å². The molecule has 114 valence electrons. The number of hydrogen-bond donors (Lipinski definition) is 0. The lowest BCUT2D eigenvalue weighted by Crippen LogP contribution is -2.25. The minimum Gasteiger partial charge on any atom is -0.499 e. The summed E-state index contributed by atoms with van der Waals surface area (Å²) in [6.45, 7) is 10.2. The van der Waals surface area contributed by atoms with Gasteiger partial charge < -0.3 is 9.47 Å². The van der Waals surface area contributed by atoms with Gasteiger partial charge in [-0.1, -0.05) is 24.8 Å². The second-order valence-corrected chi connectivity index (χ2v) is 4.57. The van der Waals surface area contributed by atoms with E-state index in [0.717, 1.165) is 5.69 Å². The Balaban J connectivity index is 2.91. The fourth-order valence-electron chi connectivity index (χ4n) is 1.92. The van der Waals surface area contributed by atoms with Crippen molar-refractivity contribution >= 4 is 17.4 Å². The smallest absolute Gasteiger partial charge is 0.315 e. The van der Waals surface area contributed by atoms with Crippen molar-refractivity contribution in [3.8, 4) is 0 Å². The Labute approximate surface area is 126 Å². The molecule has 1 unspecified atom stereocenters. The fraction of sp³-hybridized carbons (Fsp3) is 0.412. The third kappa shape index (κ3) is 5.81. The average Bonchev–Trinajstić information content (AvgIpc) is 2.46. The molecule has 4 nitrogen and oxygen atoms in total. The number of carbonyl (C=O) groups is 1. The molecule has 0 radical (unpaired) electrons. The summed E-state index contributed by atoms with van der Waals surface area (Å²) in [5.41, 5.74) is 1.51. The predicted octanol–water partition coefficient (Wildman–Crippen LogP) is 3.90. The van der Waals surface area contributed by atoms with Crippen molar-refractivity contribution in [2.75, 3.05) is 13.2 Å². The summed E-state index contributed by atoms with van der Waals surface area (Å²) >= 11 is 0. The molecule has 21 heavy (non-hydrogen) atoms. The lowest BCUT2D eigenvalue weighted by atomic mass is 9.99. The molecule has 0 aromatic heterocycles. The van der Waals surface area contributed by atoms with E-state index in [9.17, 15) is 4.79 Å². The first-order chi connectivity index (χ1) is 10.1. The minimum absolute atomic E-state index is 0.296. The number of carbonyl (C=O) groups excluding carboxylic acids is 1. The zero-order valence-electron chi connectivity index (χ0n) is 13.0. The van der Waals surface area contributed by atoms with Gasteiger partial charge in [-0.25, -0.2) is 0 Å². The van der Waals surface area contributed by atoms with Gasteiger partial charge in [-0.3, -0.25) is 9.79 Å². The molecule has 0 fully saturated rings. The number of ether oxygens (including phenoxy) is 2. The zero-order valence-corrected chi connectivity index (χ0v) is 13.0. The maximum absolute atomic E-state index is 12.1. The van der Waals surface area contributed by atoms with Gasteiger partial charge in [0.15, 0.2) is 0 Å². The Morgan fingerprint density at radius 2 is 1.81 bits per heavy atom. The number of hydrogen-bond acceptors (Lipinski definition) is 4. The molecular formula is C17H23NO3. The summed E-state index contributed by atoms with van der Waals surface area (Å²) in [5, 5.41) is 0. The second kappa shape index (κ2) is 8.95. The van der Waals surface area contributed by atoms with E-state index in [1.165, 1.54) is 0 Å². The van der Waals surface area contributed by atoms with Crippen molar-refractivity contribution in [3.05, 3.63) is 42.7 Å². The van der Waals surface area contributed by atoms with Crippen LogP contribution in [0.1, 0.15) is 27.2 Å². The molecule has 0 spiro atoms. The summed E-state index contributed by atoms with van der Waals surface area (Å²) in [4.78, 5) is 16.6. The van der Waals surface area contributed by atoms with E-state index in [1.54, 1.807) is 6.92 Å². The van der Waals surface area contributed by atoms with Crippen molar-refractivity contribution in [1.29, 1.82) is 0 Å². The van der Waals surface area contributed by atoms with E-state index in [-0.39, 0.29) is 5.97 Å². The van der Waals surface area contributed by atoms with E-state index in [4.69, 9.17) is 9.47 Å². The van der Waals surface area contributed by atoms with Crippen molar-refractivity contribution in [2.45, 2.75) is 27.2 Å². The van der Waals surface area contributed by atoms with Gasteiger partial charge in [0.2, 0.25) is 0 Å². The molecule has 0 N–H and O–H groups in total. The second-order valence-electron chi connectivity index (χ2n) is 4.57. The maximum atomic E-state index is 12.1. The van der Waals surface area contributed by atoms with E-state index < -0.39 is 5.92 Å². The van der Waals surface area contributed by atoms with Crippen LogP contribution in [0.25, 0.3) is 0 Å². The van der Waals surface area contributed by atoms with Gasteiger partial charge in [0.1, 0.15) is 5.92 Å². The molecule has 1 atom stereocenters. The quantitative estimate of drug-likeness (QED) is 0.414. The number of aliphatic imine (C=N–C) groups is 1. The Hall–Kier alpha value is -2.10. The zero-order chi connectivity index (χ0) is 15.7. The van der Waals surface area contributed by atoms with Gasteiger partial charge in [-0.15, -0.1) is 0 Å². The van der Waals surface area contributed by atoms with Crippen LogP contribution >= 0.6 is 0 Å². The number of rotatable bonds is 8. The average molecular weight is 289 g/mol. The largest absolute Gasteiger partial charge is 0.499 e. The molecule has 0 bridgehead atoms. The summed E-state index contributed by atoms with van der Waals surface area (Å²) < 4.78 is 10.5. The van der Waals surface area contributed by atoms with Gasteiger partial charge in [0.05, 0.1) is 24.7 Å². The van der Waals surface area contributed by atoms with Crippen LogP contribution < -0.4 is 0 Å². The van der Waals surface area contributed by atoms with Crippen LogP contribution in [0.4, 0.5) is 5.69 Å². The molecule has 1 rings (SSSR count). The molecule has 0 aliphatic rings. The third-order valence-electron chi connectivity index (χ3n) is 2.92. The molecule has 1 aromatic rings. The minimum atomic E-state index is -0.468. The van der Waals surface area contributed by atoms with Crippen LogP contribution in [-0.2, 0) is 14.3 Å². The first-order valence-electron chi connectivity index (χ1n) is 7.15. The van der Waals surface area contributed by atoms with Crippen molar-refractivity contribution in [2.24, 2.45) is 10.9 Å². The maximum Gasteiger partial charge on any atom is 0.315 e. The van der Waals surface area contributed by atoms with Crippen LogP contribution in [0, 0.1) is 5.92 Å². The van der Waals surface area contributed by atoms with Crippen molar-refractivity contribution < 1.29 is 14.3 Å². The van der Waals surface area contributed by atoms with Gasteiger partial charge >= 0.3 is 5.97 Å². The topological polar surface area (TPSA) is 47.9 Å². The molecule has 0 heterocycles. The lowest BCUT2D eigenvalue weighted by Gasteiger charge is -2.17. The monoisotopic (exact) mass is 289 g/mol. The molecule has 0 saturated carbocycles. The number of benzene rings is 1. The Bertz CT molecular complexity index is 494. The molecular weight excluding hydrogens is 266 g/mol. The van der Waals surface area contributed by atoms with E-state index in [2.05, 4.69) is 11.6 Å². The number of para-hydroxylation sites is 1. The molecule has 4 heteroatoms. The number of esters is 1. The summed E-state index contributed by atoms with van der Waals surface area (Å²) in [6, 6.07) is 9.52. The first kappa shape index (κ1) is 17.0. The van der Waals surface area contributed by atoms with Crippen molar-refractivity contribution in [1.82, 2.24) is 0 Å². The van der Waals surface area contributed by atoms with Crippen LogP contribution in [0.2, 0.25) is 0 Å². The highest BCUT2D eigenvalue weighted by atomic mass is 16.5. The summed E-state index contributed by atoms with van der Waals surface area (Å²) in [5.74, 6) is -0.196. The molecule has 0 aliphatic carbocycles. The van der Waals surface area contributed by atoms with Crippen LogP contribution in [0.15, 0.2) is 47.7 Å². The fourth-order valence-corrected chi connectivity index (χ4v) is 1.92.